The Morgan fingerprint density at radius 3 is 2.53 bits per heavy atom. The van der Waals surface area contributed by atoms with Crippen molar-refractivity contribution in [3.63, 3.8) is 0 Å². The molecule has 0 amide bonds. The van der Waals surface area contributed by atoms with Crippen molar-refractivity contribution < 1.29 is 0 Å². The van der Waals surface area contributed by atoms with Crippen LogP contribution in [0, 0.1) is 9.12 Å². The van der Waals surface area contributed by atoms with Gasteiger partial charge in [-0.05, 0) is 64.0 Å². The maximum atomic E-state index is 13.3. The van der Waals surface area contributed by atoms with Crippen LogP contribution in [0.1, 0.15) is 35.6 Å². The highest BCUT2D eigenvalue weighted by atomic mass is 127. The molecule has 3 heterocycles. The summed E-state index contributed by atoms with van der Waals surface area (Å²) >= 11 is 2.14. The fourth-order valence-electron chi connectivity index (χ4n) is 5.76. The first-order chi connectivity index (χ1) is 16.5. The van der Waals surface area contributed by atoms with E-state index >= 15 is 0 Å². The highest BCUT2D eigenvalue weighted by Gasteiger charge is 2.46. The molecule has 2 aliphatic rings. The van der Waals surface area contributed by atoms with Crippen molar-refractivity contribution in [3.05, 3.63) is 85.3 Å². The Labute approximate surface area is 211 Å². The Bertz CT molecular complexity index is 1440. The van der Waals surface area contributed by atoms with Crippen molar-refractivity contribution in [3.8, 4) is 0 Å². The van der Waals surface area contributed by atoms with Crippen molar-refractivity contribution >= 4 is 39.6 Å². The Balaban J connectivity index is 1.32. The standard InChI is InChI=1S/C26H27IN6O/c1-31-24(34)20-22(27)30-33(16-17-7-3-2-4-8-17)23(20)29-25(31)32-13-11-26(12-14-32)15-18-9-5-6-10-19(18)21(26)28/h2-10,21H,11-16,28H2,1H3/t21-/m1/s1. The summed E-state index contributed by atoms with van der Waals surface area (Å²) in [5.41, 5.74) is 11.3. The minimum Gasteiger partial charge on any atom is -0.342 e. The quantitative estimate of drug-likeness (QED) is 0.384. The lowest BCUT2D eigenvalue weighted by Crippen LogP contribution is -2.46. The van der Waals surface area contributed by atoms with Gasteiger partial charge in [-0.15, -0.1) is 0 Å². The molecule has 1 spiro atoms. The first kappa shape index (κ1) is 21.8. The van der Waals surface area contributed by atoms with Crippen LogP contribution in [0.5, 0.6) is 0 Å². The molecule has 0 unspecified atom stereocenters. The predicted octanol–water partition coefficient (Wildman–Crippen LogP) is 3.63. The Morgan fingerprint density at radius 2 is 1.79 bits per heavy atom. The summed E-state index contributed by atoms with van der Waals surface area (Å²) in [5.74, 6) is 0.710. The molecule has 6 rings (SSSR count). The van der Waals surface area contributed by atoms with Crippen LogP contribution in [0.3, 0.4) is 0 Å². The molecule has 1 fully saturated rings. The molecule has 0 bridgehead atoms. The van der Waals surface area contributed by atoms with E-state index in [0.717, 1.165) is 37.9 Å². The molecule has 174 valence electrons. The molecule has 4 aromatic rings. The normalized spacial score (nSPS) is 19.1. The molecule has 1 saturated heterocycles. The van der Waals surface area contributed by atoms with Gasteiger partial charge in [0.2, 0.25) is 5.95 Å². The third kappa shape index (κ3) is 3.38. The third-order valence-electron chi connectivity index (χ3n) is 7.72. The second kappa shape index (κ2) is 8.20. The maximum Gasteiger partial charge on any atom is 0.266 e. The number of benzene rings is 2. The molecule has 8 heteroatoms. The first-order valence-electron chi connectivity index (χ1n) is 11.7. The van der Waals surface area contributed by atoms with Gasteiger partial charge in [0.15, 0.2) is 5.65 Å². The van der Waals surface area contributed by atoms with Gasteiger partial charge in [0.25, 0.3) is 5.56 Å². The van der Waals surface area contributed by atoms with Crippen LogP contribution in [0.25, 0.3) is 11.0 Å². The van der Waals surface area contributed by atoms with E-state index in [1.54, 1.807) is 4.57 Å². The Morgan fingerprint density at radius 1 is 1.09 bits per heavy atom. The number of nitrogens with two attached hydrogens (primary N) is 1. The lowest BCUT2D eigenvalue weighted by molar-refractivity contribution is 0.186. The second-order valence-electron chi connectivity index (χ2n) is 9.61. The Hall–Kier alpha value is -2.72. The van der Waals surface area contributed by atoms with Crippen LogP contribution >= 0.6 is 22.6 Å². The number of hydrogen-bond donors (Lipinski definition) is 1. The summed E-state index contributed by atoms with van der Waals surface area (Å²) in [4.78, 5) is 20.6. The Kier molecular flexibility index (Phi) is 5.25. The van der Waals surface area contributed by atoms with E-state index in [1.165, 1.54) is 11.1 Å². The van der Waals surface area contributed by atoms with Crippen molar-refractivity contribution in [2.75, 3.05) is 18.0 Å². The summed E-state index contributed by atoms with van der Waals surface area (Å²) in [6.45, 7) is 2.24. The molecule has 1 aliphatic carbocycles. The van der Waals surface area contributed by atoms with Gasteiger partial charge in [0.05, 0.1) is 6.54 Å². The van der Waals surface area contributed by atoms with Gasteiger partial charge in [0.1, 0.15) is 9.09 Å². The minimum absolute atomic E-state index is 0.0472. The molecule has 7 nitrogen and oxygen atoms in total. The largest absolute Gasteiger partial charge is 0.342 e. The van der Waals surface area contributed by atoms with Crippen molar-refractivity contribution in [2.24, 2.45) is 18.2 Å². The average molecular weight is 566 g/mol. The van der Waals surface area contributed by atoms with E-state index in [1.807, 2.05) is 29.9 Å². The van der Waals surface area contributed by atoms with Gasteiger partial charge >= 0.3 is 0 Å². The van der Waals surface area contributed by atoms with Crippen LogP contribution in [0.4, 0.5) is 5.95 Å². The molecule has 2 aromatic heterocycles. The minimum atomic E-state index is -0.0472. The second-order valence-corrected chi connectivity index (χ2v) is 10.6. The fourth-order valence-corrected chi connectivity index (χ4v) is 6.49. The summed E-state index contributed by atoms with van der Waals surface area (Å²) in [5, 5.41) is 5.24. The van der Waals surface area contributed by atoms with E-state index in [4.69, 9.17) is 10.7 Å². The van der Waals surface area contributed by atoms with E-state index in [9.17, 15) is 4.79 Å². The summed E-state index contributed by atoms with van der Waals surface area (Å²) in [6.07, 6.45) is 3.00. The van der Waals surface area contributed by atoms with E-state index in [0.29, 0.717) is 27.2 Å². The number of piperidine rings is 1. The average Bonchev–Trinajstić information content (AvgIpc) is 3.31. The van der Waals surface area contributed by atoms with Gasteiger partial charge in [-0.3, -0.25) is 9.36 Å². The van der Waals surface area contributed by atoms with Crippen LogP contribution in [0.15, 0.2) is 59.4 Å². The molecule has 34 heavy (non-hydrogen) atoms. The van der Waals surface area contributed by atoms with E-state index in [2.05, 4.69) is 69.0 Å². The van der Waals surface area contributed by atoms with E-state index in [-0.39, 0.29) is 17.0 Å². The smallest absolute Gasteiger partial charge is 0.266 e. The van der Waals surface area contributed by atoms with Gasteiger partial charge < -0.3 is 10.6 Å². The number of halogens is 1. The van der Waals surface area contributed by atoms with Crippen LogP contribution in [-0.2, 0) is 20.0 Å². The summed E-state index contributed by atoms with van der Waals surface area (Å²) in [7, 11) is 1.82. The molecule has 1 atom stereocenters. The van der Waals surface area contributed by atoms with Crippen molar-refractivity contribution in [1.29, 1.82) is 0 Å². The number of anilines is 1. The summed E-state index contributed by atoms with van der Waals surface area (Å²) < 4.78 is 4.22. The molecular formula is C26H27IN6O. The van der Waals surface area contributed by atoms with Crippen LogP contribution in [0.2, 0.25) is 0 Å². The zero-order valence-electron chi connectivity index (χ0n) is 19.1. The number of hydrogen-bond acceptors (Lipinski definition) is 5. The molecular weight excluding hydrogens is 539 g/mol. The molecule has 1 aliphatic heterocycles. The van der Waals surface area contributed by atoms with Crippen molar-refractivity contribution in [1.82, 2.24) is 19.3 Å². The lowest BCUT2D eigenvalue weighted by Gasteiger charge is -2.42. The maximum absolute atomic E-state index is 13.3. The monoisotopic (exact) mass is 566 g/mol. The molecule has 2 N–H and O–H groups in total. The molecule has 2 aromatic carbocycles. The first-order valence-corrected chi connectivity index (χ1v) is 12.8. The topological polar surface area (TPSA) is 82.0 Å². The zero-order chi connectivity index (χ0) is 23.4. The van der Waals surface area contributed by atoms with Gasteiger partial charge in [-0.25, -0.2) is 4.68 Å². The van der Waals surface area contributed by atoms with Gasteiger partial charge in [-0.2, -0.15) is 10.1 Å². The highest BCUT2D eigenvalue weighted by molar-refractivity contribution is 14.1. The van der Waals surface area contributed by atoms with Crippen LogP contribution < -0.4 is 16.2 Å². The van der Waals surface area contributed by atoms with Crippen LogP contribution in [-0.4, -0.2) is 32.4 Å². The number of fused-ring (bicyclic) bond motifs is 2. The zero-order valence-corrected chi connectivity index (χ0v) is 21.3. The number of rotatable bonds is 3. The molecule has 0 saturated carbocycles. The summed E-state index contributed by atoms with van der Waals surface area (Å²) in [6, 6.07) is 18.8. The molecule has 0 radical (unpaired) electrons. The van der Waals surface area contributed by atoms with E-state index < -0.39 is 0 Å². The lowest BCUT2D eigenvalue weighted by atomic mass is 9.73. The third-order valence-corrected chi connectivity index (χ3v) is 8.47. The SMILES string of the molecule is Cn1c(N2CCC3(CC2)Cc2ccccc2[C@H]3N)nc2c(c(I)nn2Cc2ccccc2)c1=O. The van der Waals surface area contributed by atoms with Gasteiger partial charge in [-0.1, -0.05) is 54.6 Å². The van der Waals surface area contributed by atoms with Crippen molar-refractivity contribution in [2.45, 2.75) is 31.8 Å². The number of aromatic nitrogens is 4. The van der Waals surface area contributed by atoms with Gasteiger partial charge in [0, 0.05) is 26.2 Å². The fraction of sp³-hybridized carbons (Fsp3) is 0.346. The highest BCUT2D eigenvalue weighted by Crippen LogP contribution is 2.50. The number of nitrogens with zero attached hydrogens (tertiary/aromatic N) is 5. The predicted molar refractivity (Wildman–Crippen MR) is 142 cm³/mol.